The SMILES string of the molecule is CC1(C)CC(Nc2nc(Nc3ccc(O[C@@H]4CCOC4)c(C#N)c3)ncc2F)CC2CCCN21. The molecule has 3 atom stereocenters. The van der Waals surface area contributed by atoms with E-state index in [1.54, 1.807) is 18.2 Å². The number of hydrogen-bond donors (Lipinski definition) is 2. The molecule has 3 aliphatic rings. The van der Waals surface area contributed by atoms with Crippen LogP contribution in [-0.4, -0.2) is 58.4 Å². The van der Waals surface area contributed by atoms with Crippen LogP contribution >= 0.6 is 0 Å². The lowest BCUT2D eigenvalue weighted by molar-refractivity contribution is 0.0500. The van der Waals surface area contributed by atoms with Crippen molar-refractivity contribution in [2.24, 2.45) is 0 Å². The molecule has 1 aromatic heterocycles. The Morgan fingerprint density at radius 1 is 1.32 bits per heavy atom. The molecule has 9 heteroatoms. The Hall–Kier alpha value is -2.96. The van der Waals surface area contributed by atoms with Crippen LogP contribution in [-0.2, 0) is 4.74 Å². The summed E-state index contributed by atoms with van der Waals surface area (Å²) in [6.45, 7) is 6.87. The molecule has 3 aliphatic heterocycles. The van der Waals surface area contributed by atoms with Crippen LogP contribution < -0.4 is 15.4 Å². The molecule has 1 aromatic carbocycles. The fourth-order valence-electron chi connectivity index (χ4n) is 5.55. The topological polar surface area (TPSA) is 95.3 Å². The monoisotopic (exact) mass is 466 g/mol. The highest BCUT2D eigenvalue weighted by molar-refractivity contribution is 5.61. The van der Waals surface area contributed by atoms with Crippen molar-refractivity contribution in [3.8, 4) is 11.8 Å². The average molecular weight is 467 g/mol. The minimum Gasteiger partial charge on any atom is -0.487 e. The fraction of sp³-hybridized carbons (Fsp3) is 0.560. The summed E-state index contributed by atoms with van der Waals surface area (Å²) in [4.78, 5) is 11.1. The first-order valence-corrected chi connectivity index (χ1v) is 12.0. The molecule has 180 valence electrons. The molecule has 2 N–H and O–H groups in total. The maximum atomic E-state index is 14.6. The molecule has 2 unspecified atom stereocenters. The number of nitrogens with zero attached hydrogens (tertiary/aromatic N) is 4. The lowest BCUT2D eigenvalue weighted by Crippen LogP contribution is -2.55. The highest BCUT2D eigenvalue weighted by Gasteiger charge is 2.43. The summed E-state index contributed by atoms with van der Waals surface area (Å²) in [5.41, 5.74) is 1.11. The first kappa shape index (κ1) is 22.8. The van der Waals surface area contributed by atoms with Crippen LogP contribution in [0.4, 0.5) is 21.8 Å². The van der Waals surface area contributed by atoms with E-state index < -0.39 is 5.82 Å². The number of ether oxygens (including phenoxy) is 2. The predicted octanol–water partition coefficient (Wildman–Crippen LogP) is 4.22. The third kappa shape index (κ3) is 4.79. The Morgan fingerprint density at radius 2 is 2.21 bits per heavy atom. The van der Waals surface area contributed by atoms with Crippen LogP contribution in [0.5, 0.6) is 5.75 Å². The second-order valence-corrected chi connectivity index (χ2v) is 10.0. The molecule has 0 spiro atoms. The third-order valence-corrected chi connectivity index (χ3v) is 7.08. The summed E-state index contributed by atoms with van der Waals surface area (Å²) in [6, 6.07) is 8.08. The summed E-state index contributed by atoms with van der Waals surface area (Å²) >= 11 is 0. The van der Waals surface area contributed by atoms with Crippen molar-refractivity contribution in [1.29, 1.82) is 5.26 Å². The average Bonchev–Trinajstić information content (AvgIpc) is 3.49. The first-order chi connectivity index (χ1) is 16.4. The Kier molecular flexibility index (Phi) is 6.28. The largest absolute Gasteiger partial charge is 0.487 e. The van der Waals surface area contributed by atoms with Gasteiger partial charge in [0.25, 0.3) is 0 Å². The van der Waals surface area contributed by atoms with Crippen molar-refractivity contribution in [2.45, 2.75) is 69.7 Å². The molecule has 4 heterocycles. The predicted molar refractivity (Wildman–Crippen MR) is 127 cm³/mol. The highest BCUT2D eigenvalue weighted by atomic mass is 19.1. The van der Waals surface area contributed by atoms with Gasteiger partial charge in [-0.1, -0.05) is 0 Å². The minimum atomic E-state index is -0.475. The number of piperidine rings is 1. The molecule has 3 saturated heterocycles. The molecule has 34 heavy (non-hydrogen) atoms. The molecule has 0 radical (unpaired) electrons. The number of fused-ring (bicyclic) bond motifs is 1. The van der Waals surface area contributed by atoms with Gasteiger partial charge in [0.15, 0.2) is 11.6 Å². The molecule has 8 nitrogen and oxygen atoms in total. The quantitative estimate of drug-likeness (QED) is 0.654. The smallest absolute Gasteiger partial charge is 0.229 e. The van der Waals surface area contributed by atoms with E-state index >= 15 is 0 Å². The molecule has 0 saturated carbocycles. The number of nitrogens with one attached hydrogen (secondary N) is 2. The summed E-state index contributed by atoms with van der Waals surface area (Å²) in [5.74, 6) is 0.513. The van der Waals surface area contributed by atoms with E-state index in [1.165, 1.54) is 19.0 Å². The summed E-state index contributed by atoms with van der Waals surface area (Å²) in [5, 5.41) is 16.0. The lowest BCUT2D eigenvalue weighted by Gasteiger charge is -2.47. The van der Waals surface area contributed by atoms with E-state index in [9.17, 15) is 9.65 Å². The maximum absolute atomic E-state index is 14.6. The standard InChI is InChI=1S/C25H31FN6O2/c1-25(2)12-18(11-19-4-3-8-32(19)25)29-23-21(26)14-28-24(31-23)30-17-5-6-22(16(10-17)13-27)34-20-7-9-33-15-20/h5-6,10,14,18-20H,3-4,7-9,11-12,15H2,1-2H3,(H2,28,29,30,31)/t18?,19?,20-/m1/s1. The lowest BCUT2D eigenvalue weighted by atomic mass is 9.84. The van der Waals surface area contributed by atoms with E-state index in [2.05, 4.69) is 45.4 Å². The highest BCUT2D eigenvalue weighted by Crippen LogP contribution is 2.38. The molecular formula is C25H31FN6O2. The van der Waals surface area contributed by atoms with Gasteiger partial charge in [0, 0.05) is 29.7 Å². The number of benzene rings is 1. The van der Waals surface area contributed by atoms with Gasteiger partial charge in [0.1, 0.15) is 17.9 Å². The molecule has 3 fully saturated rings. The number of halogens is 1. The van der Waals surface area contributed by atoms with E-state index in [0.717, 1.165) is 25.8 Å². The van der Waals surface area contributed by atoms with Gasteiger partial charge < -0.3 is 20.1 Å². The molecule has 0 aliphatic carbocycles. The van der Waals surface area contributed by atoms with Crippen molar-refractivity contribution in [1.82, 2.24) is 14.9 Å². The van der Waals surface area contributed by atoms with E-state index in [0.29, 0.717) is 36.3 Å². The van der Waals surface area contributed by atoms with Gasteiger partial charge >= 0.3 is 0 Å². The number of rotatable bonds is 6. The van der Waals surface area contributed by atoms with Gasteiger partial charge in [-0.15, -0.1) is 0 Å². The Labute approximate surface area is 199 Å². The van der Waals surface area contributed by atoms with Crippen molar-refractivity contribution < 1.29 is 13.9 Å². The van der Waals surface area contributed by atoms with Gasteiger partial charge in [0.2, 0.25) is 5.95 Å². The van der Waals surface area contributed by atoms with E-state index in [-0.39, 0.29) is 29.5 Å². The van der Waals surface area contributed by atoms with E-state index in [4.69, 9.17) is 9.47 Å². The Morgan fingerprint density at radius 3 is 3.00 bits per heavy atom. The molecule has 0 amide bonds. The summed E-state index contributed by atoms with van der Waals surface area (Å²) in [7, 11) is 0. The van der Waals surface area contributed by atoms with Crippen LogP contribution in [0.1, 0.15) is 51.5 Å². The second kappa shape index (κ2) is 9.35. The summed E-state index contributed by atoms with van der Waals surface area (Å²) in [6.07, 6.45) is 6.26. The van der Waals surface area contributed by atoms with Crippen molar-refractivity contribution in [2.75, 3.05) is 30.4 Å². The fourth-order valence-corrected chi connectivity index (χ4v) is 5.55. The molecule has 5 rings (SSSR count). The second-order valence-electron chi connectivity index (χ2n) is 10.0. The zero-order valence-electron chi connectivity index (χ0n) is 19.7. The number of aromatic nitrogens is 2. The number of hydrogen-bond acceptors (Lipinski definition) is 8. The molecule has 0 bridgehead atoms. The van der Waals surface area contributed by atoms with Gasteiger partial charge in [-0.2, -0.15) is 10.2 Å². The van der Waals surface area contributed by atoms with Crippen molar-refractivity contribution >= 4 is 17.5 Å². The minimum absolute atomic E-state index is 0.0407. The zero-order chi connectivity index (χ0) is 23.7. The van der Waals surface area contributed by atoms with Crippen molar-refractivity contribution in [3.63, 3.8) is 0 Å². The maximum Gasteiger partial charge on any atom is 0.229 e. The first-order valence-electron chi connectivity index (χ1n) is 12.0. The van der Waals surface area contributed by atoms with Crippen LogP contribution in [0, 0.1) is 17.1 Å². The van der Waals surface area contributed by atoms with Crippen LogP contribution in [0.15, 0.2) is 24.4 Å². The van der Waals surface area contributed by atoms with Crippen LogP contribution in [0.2, 0.25) is 0 Å². The third-order valence-electron chi connectivity index (χ3n) is 7.08. The molecular weight excluding hydrogens is 435 g/mol. The van der Waals surface area contributed by atoms with Gasteiger partial charge in [0.05, 0.1) is 25.0 Å². The van der Waals surface area contributed by atoms with Crippen molar-refractivity contribution in [3.05, 3.63) is 35.8 Å². The van der Waals surface area contributed by atoms with E-state index in [1.807, 2.05) is 0 Å². The van der Waals surface area contributed by atoms with Crippen LogP contribution in [0.25, 0.3) is 0 Å². The van der Waals surface area contributed by atoms with Gasteiger partial charge in [-0.05, 0) is 64.3 Å². The molecule has 2 aromatic rings. The Bertz CT molecular complexity index is 1080. The van der Waals surface area contributed by atoms with Gasteiger partial charge in [-0.3, -0.25) is 4.90 Å². The zero-order valence-corrected chi connectivity index (χ0v) is 19.7. The normalized spacial score (nSPS) is 26.0. The number of nitriles is 1. The van der Waals surface area contributed by atoms with Crippen LogP contribution in [0.3, 0.4) is 0 Å². The van der Waals surface area contributed by atoms with Gasteiger partial charge in [-0.25, -0.2) is 9.37 Å². The summed E-state index contributed by atoms with van der Waals surface area (Å²) < 4.78 is 25.8. The Balaban J connectivity index is 1.29. The number of anilines is 3.